The minimum Gasteiger partial charge on any atom is -0.381 e. The minimum atomic E-state index is 0.0657. The highest BCUT2D eigenvalue weighted by atomic mass is 16.5. The molecule has 0 aliphatic heterocycles. The normalized spacial score (nSPS) is 8.33. The molecule has 3 heteroatoms. The molecule has 0 rings (SSSR count). The van der Waals surface area contributed by atoms with Crippen LogP contribution >= 0.6 is 0 Å². The molecule has 0 fully saturated rings. The van der Waals surface area contributed by atoms with E-state index < -0.39 is 0 Å². The van der Waals surface area contributed by atoms with E-state index in [-0.39, 0.29) is 5.91 Å². The van der Waals surface area contributed by atoms with Crippen LogP contribution in [0.3, 0.4) is 0 Å². The second-order valence-corrected chi connectivity index (χ2v) is 1.90. The number of hydrogen-bond acceptors (Lipinski definition) is 2. The summed E-state index contributed by atoms with van der Waals surface area (Å²) in [6.45, 7) is 9.73. The maximum absolute atomic E-state index is 10.7. The number of carbonyl (C=O) groups is 1. The molecular formula is C9H21NO2. The fourth-order valence-corrected chi connectivity index (χ4v) is 0.595. The molecule has 0 aliphatic carbocycles. The summed E-state index contributed by atoms with van der Waals surface area (Å²) in [6.07, 6.45) is 0.474. The highest BCUT2D eigenvalue weighted by Crippen LogP contribution is 1.81. The van der Waals surface area contributed by atoms with E-state index in [4.69, 9.17) is 4.74 Å². The highest BCUT2D eigenvalue weighted by Gasteiger charge is 1.96. The zero-order chi connectivity index (χ0) is 9.82. The summed E-state index contributed by atoms with van der Waals surface area (Å²) in [5.41, 5.74) is 0. The molecule has 0 aliphatic rings. The smallest absolute Gasteiger partial charge is 0.222 e. The van der Waals surface area contributed by atoms with Crippen molar-refractivity contribution in [2.24, 2.45) is 0 Å². The fraction of sp³-hybridized carbons (Fsp3) is 0.889. The molecule has 0 atom stereocenters. The van der Waals surface area contributed by atoms with Crippen molar-refractivity contribution in [3.05, 3.63) is 0 Å². The van der Waals surface area contributed by atoms with Gasteiger partial charge in [-0.1, -0.05) is 13.8 Å². The number of hydrogen-bond donors (Lipinski definition) is 1. The molecular weight excluding hydrogens is 154 g/mol. The summed E-state index contributed by atoms with van der Waals surface area (Å²) < 4.78 is 4.99. The van der Waals surface area contributed by atoms with Crippen molar-refractivity contribution in [3.8, 4) is 0 Å². The van der Waals surface area contributed by atoms with Crippen LogP contribution in [0, 0.1) is 0 Å². The molecule has 1 amide bonds. The first-order valence-electron chi connectivity index (χ1n) is 4.65. The molecule has 74 valence electrons. The van der Waals surface area contributed by atoms with Gasteiger partial charge in [0.1, 0.15) is 0 Å². The molecule has 0 aromatic carbocycles. The molecule has 0 heterocycles. The second-order valence-electron chi connectivity index (χ2n) is 1.90. The van der Waals surface area contributed by atoms with Crippen molar-refractivity contribution in [1.82, 2.24) is 5.32 Å². The van der Waals surface area contributed by atoms with E-state index in [0.717, 1.165) is 0 Å². The molecule has 0 radical (unpaired) electrons. The third-order valence-electron chi connectivity index (χ3n) is 1.05. The summed E-state index contributed by atoms with van der Waals surface area (Å²) in [5, 5.41) is 2.69. The molecule has 0 aromatic rings. The maximum Gasteiger partial charge on any atom is 0.222 e. The Bertz CT molecular complexity index is 94.5. The van der Waals surface area contributed by atoms with Gasteiger partial charge in [-0.25, -0.2) is 0 Å². The van der Waals surface area contributed by atoms with E-state index in [1.54, 1.807) is 0 Å². The van der Waals surface area contributed by atoms with Gasteiger partial charge in [-0.05, 0) is 13.8 Å². The monoisotopic (exact) mass is 175 g/mol. The lowest BCUT2D eigenvalue weighted by molar-refractivity contribution is -0.122. The average Bonchev–Trinajstić information content (AvgIpc) is 2.09. The van der Waals surface area contributed by atoms with E-state index in [2.05, 4.69) is 5.32 Å². The van der Waals surface area contributed by atoms with Crippen LogP contribution in [0.25, 0.3) is 0 Å². The molecule has 0 saturated heterocycles. The van der Waals surface area contributed by atoms with Crippen LogP contribution in [0.4, 0.5) is 0 Å². The first kappa shape index (κ1) is 14.0. The number of amides is 1. The molecule has 3 nitrogen and oxygen atoms in total. The standard InChI is InChI=1S/C7H15NO2.C2H6/c1-3-8-7(9)5-6-10-4-2;1-2/h3-6H2,1-2H3,(H,8,9);1-2H3. The van der Waals surface area contributed by atoms with Crippen molar-refractivity contribution in [2.75, 3.05) is 19.8 Å². The Kier molecular flexibility index (Phi) is 15.2. The van der Waals surface area contributed by atoms with Crippen molar-refractivity contribution in [3.63, 3.8) is 0 Å². The van der Waals surface area contributed by atoms with E-state index in [9.17, 15) is 4.79 Å². The topological polar surface area (TPSA) is 38.3 Å². The molecule has 0 bridgehead atoms. The Hall–Kier alpha value is -0.570. The minimum absolute atomic E-state index is 0.0657. The quantitative estimate of drug-likeness (QED) is 0.644. The average molecular weight is 175 g/mol. The highest BCUT2D eigenvalue weighted by molar-refractivity contribution is 5.75. The van der Waals surface area contributed by atoms with Crippen LogP contribution in [-0.2, 0) is 9.53 Å². The lowest BCUT2D eigenvalue weighted by Gasteiger charge is -2.00. The molecule has 1 N–H and O–H groups in total. The van der Waals surface area contributed by atoms with E-state index in [0.29, 0.717) is 26.2 Å². The fourth-order valence-electron chi connectivity index (χ4n) is 0.595. The Labute approximate surface area is 75.5 Å². The zero-order valence-electron chi connectivity index (χ0n) is 8.64. The molecule has 0 saturated carbocycles. The van der Waals surface area contributed by atoms with Crippen LogP contribution < -0.4 is 5.32 Å². The first-order valence-corrected chi connectivity index (χ1v) is 4.65. The number of rotatable bonds is 5. The van der Waals surface area contributed by atoms with Gasteiger partial charge in [-0.3, -0.25) is 4.79 Å². The van der Waals surface area contributed by atoms with Gasteiger partial charge in [0.25, 0.3) is 0 Å². The zero-order valence-corrected chi connectivity index (χ0v) is 8.64. The lowest BCUT2D eigenvalue weighted by atomic mass is 10.4. The molecule has 0 spiro atoms. The van der Waals surface area contributed by atoms with Gasteiger partial charge in [0, 0.05) is 19.6 Å². The Morgan fingerprint density at radius 2 is 1.92 bits per heavy atom. The van der Waals surface area contributed by atoms with Gasteiger partial charge in [-0.15, -0.1) is 0 Å². The third kappa shape index (κ3) is 12.1. The summed E-state index contributed by atoms with van der Waals surface area (Å²) >= 11 is 0. The Morgan fingerprint density at radius 1 is 1.33 bits per heavy atom. The summed E-state index contributed by atoms with van der Waals surface area (Å²) in [4.78, 5) is 10.7. The predicted octanol–water partition coefficient (Wildman–Crippen LogP) is 1.58. The van der Waals surface area contributed by atoms with Gasteiger partial charge >= 0.3 is 0 Å². The number of nitrogens with one attached hydrogen (secondary N) is 1. The predicted molar refractivity (Wildman–Crippen MR) is 51.1 cm³/mol. The van der Waals surface area contributed by atoms with Crippen LogP contribution in [0.5, 0.6) is 0 Å². The van der Waals surface area contributed by atoms with Gasteiger partial charge in [0.05, 0.1) is 6.61 Å². The SMILES string of the molecule is CC.CCNC(=O)CCOCC. The van der Waals surface area contributed by atoms with E-state index in [1.165, 1.54) is 0 Å². The van der Waals surface area contributed by atoms with Crippen LogP contribution in [0.15, 0.2) is 0 Å². The van der Waals surface area contributed by atoms with Crippen molar-refractivity contribution in [2.45, 2.75) is 34.1 Å². The number of ether oxygens (including phenoxy) is 1. The van der Waals surface area contributed by atoms with Crippen molar-refractivity contribution < 1.29 is 9.53 Å². The van der Waals surface area contributed by atoms with E-state index >= 15 is 0 Å². The van der Waals surface area contributed by atoms with Gasteiger partial charge in [0.2, 0.25) is 5.91 Å². The summed E-state index contributed by atoms with van der Waals surface area (Å²) in [6, 6.07) is 0. The first-order chi connectivity index (χ1) is 5.81. The Balaban J connectivity index is 0. The molecule has 12 heavy (non-hydrogen) atoms. The van der Waals surface area contributed by atoms with E-state index in [1.807, 2.05) is 27.7 Å². The Morgan fingerprint density at radius 3 is 2.33 bits per heavy atom. The summed E-state index contributed by atoms with van der Waals surface area (Å²) in [7, 11) is 0. The van der Waals surface area contributed by atoms with Gasteiger partial charge in [-0.2, -0.15) is 0 Å². The lowest BCUT2D eigenvalue weighted by Crippen LogP contribution is -2.23. The molecule has 0 aromatic heterocycles. The van der Waals surface area contributed by atoms with Gasteiger partial charge in [0.15, 0.2) is 0 Å². The van der Waals surface area contributed by atoms with Crippen LogP contribution in [0.2, 0.25) is 0 Å². The molecule has 0 unspecified atom stereocenters. The second kappa shape index (κ2) is 13.1. The van der Waals surface area contributed by atoms with Crippen molar-refractivity contribution >= 4 is 5.91 Å². The largest absolute Gasteiger partial charge is 0.381 e. The summed E-state index contributed by atoms with van der Waals surface area (Å²) in [5.74, 6) is 0.0657. The maximum atomic E-state index is 10.7. The van der Waals surface area contributed by atoms with Crippen LogP contribution in [0.1, 0.15) is 34.1 Å². The van der Waals surface area contributed by atoms with Crippen LogP contribution in [-0.4, -0.2) is 25.7 Å². The van der Waals surface area contributed by atoms with Gasteiger partial charge < -0.3 is 10.1 Å². The third-order valence-corrected chi connectivity index (χ3v) is 1.05. The number of carbonyl (C=O) groups excluding carboxylic acids is 1. The van der Waals surface area contributed by atoms with Crippen molar-refractivity contribution in [1.29, 1.82) is 0 Å².